The molecule has 0 bridgehead atoms. The van der Waals surface area contributed by atoms with Gasteiger partial charge in [-0.2, -0.15) is 0 Å². The fourth-order valence-corrected chi connectivity index (χ4v) is 1.72. The lowest BCUT2D eigenvalue weighted by molar-refractivity contribution is -0.143. The number of rotatable bonds is 8. The van der Waals surface area contributed by atoms with Crippen LogP contribution in [0, 0.1) is 5.92 Å². The van der Waals surface area contributed by atoms with Gasteiger partial charge in [0.25, 0.3) is 0 Å². The van der Waals surface area contributed by atoms with Gasteiger partial charge in [-0.05, 0) is 12.3 Å². The van der Waals surface area contributed by atoms with Crippen molar-refractivity contribution in [2.45, 2.75) is 58.9 Å². The van der Waals surface area contributed by atoms with E-state index in [9.17, 15) is 9.59 Å². The second-order valence-corrected chi connectivity index (χ2v) is 4.06. The van der Waals surface area contributed by atoms with Gasteiger partial charge in [-0.25, -0.2) is 4.79 Å². The van der Waals surface area contributed by atoms with Crippen molar-refractivity contribution in [3.05, 3.63) is 0 Å². The molecule has 94 valence electrons. The summed E-state index contributed by atoms with van der Waals surface area (Å²) in [6.45, 7) is 5.90. The van der Waals surface area contributed by atoms with Crippen LogP contribution in [0.4, 0.5) is 0 Å². The van der Waals surface area contributed by atoms with E-state index in [0.717, 1.165) is 25.7 Å². The zero-order valence-corrected chi connectivity index (χ0v) is 10.5. The standard InChI is InChI=1S/C12H23NO3/c1-4-7-8-10(14)13-11(12(15)16)9(5-2)6-3/h9,11H,4-8H2,1-3H3,(H,13,14)(H,15,16). The second kappa shape index (κ2) is 8.13. The van der Waals surface area contributed by atoms with E-state index in [1.807, 2.05) is 20.8 Å². The van der Waals surface area contributed by atoms with Gasteiger partial charge < -0.3 is 10.4 Å². The average Bonchev–Trinajstić information content (AvgIpc) is 2.26. The van der Waals surface area contributed by atoms with Crippen molar-refractivity contribution in [1.29, 1.82) is 0 Å². The fraction of sp³-hybridized carbons (Fsp3) is 0.833. The third-order valence-electron chi connectivity index (χ3n) is 2.86. The number of unbranched alkanes of at least 4 members (excludes halogenated alkanes) is 1. The third kappa shape index (κ3) is 5.14. The number of carbonyl (C=O) groups excluding carboxylic acids is 1. The van der Waals surface area contributed by atoms with E-state index < -0.39 is 12.0 Å². The molecule has 16 heavy (non-hydrogen) atoms. The molecule has 0 saturated heterocycles. The summed E-state index contributed by atoms with van der Waals surface area (Å²) in [7, 11) is 0. The molecule has 4 heteroatoms. The predicted octanol–water partition coefficient (Wildman–Crippen LogP) is 2.18. The Morgan fingerprint density at radius 3 is 2.12 bits per heavy atom. The van der Waals surface area contributed by atoms with E-state index in [2.05, 4.69) is 5.32 Å². The van der Waals surface area contributed by atoms with Gasteiger partial charge in [-0.1, -0.05) is 40.0 Å². The summed E-state index contributed by atoms with van der Waals surface area (Å²) in [6.07, 6.45) is 3.70. The largest absolute Gasteiger partial charge is 0.480 e. The van der Waals surface area contributed by atoms with Crippen molar-refractivity contribution in [3.8, 4) is 0 Å². The molecular weight excluding hydrogens is 206 g/mol. The number of carboxylic acids is 1. The van der Waals surface area contributed by atoms with Crippen LogP contribution in [-0.2, 0) is 9.59 Å². The van der Waals surface area contributed by atoms with Gasteiger partial charge in [-0.3, -0.25) is 4.79 Å². The number of amides is 1. The minimum atomic E-state index is -0.932. The Balaban J connectivity index is 4.32. The van der Waals surface area contributed by atoms with Crippen molar-refractivity contribution in [1.82, 2.24) is 5.32 Å². The lowest BCUT2D eigenvalue weighted by Crippen LogP contribution is -2.45. The Bertz CT molecular complexity index is 224. The van der Waals surface area contributed by atoms with Gasteiger partial charge in [0.05, 0.1) is 0 Å². The van der Waals surface area contributed by atoms with Gasteiger partial charge in [0.2, 0.25) is 5.91 Å². The first-order chi connectivity index (χ1) is 7.56. The first kappa shape index (κ1) is 14.9. The topological polar surface area (TPSA) is 66.4 Å². The highest BCUT2D eigenvalue weighted by atomic mass is 16.4. The zero-order valence-electron chi connectivity index (χ0n) is 10.5. The Morgan fingerprint density at radius 2 is 1.75 bits per heavy atom. The smallest absolute Gasteiger partial charge is 0.326 e. The maximum Gasteiger partial charge on any atom is 0.326 e. The van der Waals surface area contributed by atoms with Crippen molar-refractivity contribution in [2.75, 3.05) is 0 Å². The molecule has 0 aromatic rings. The lowest BCUT2D eigenvalue weighted by Gasteiger charge is -2.22. The summed E-state index contributed by atoms with van der Waals surface area (Å²) >= 11 is 0. The molecule has 0 radical (unpaired) electrons. The first-order valence-corrected chi connectivity index (χ1v) is 6.08. The number of carbonyl (C=O) groups is 2. The summed E-state index contributed by atoms with van der Waals surface area (Å²) in [5.41, 5.74) is 0. The van der Waals surface area contributed by atoms with Gasteiger partial charge in [0.15, 0.2) is 0 Å². The van der Waals surface area contributed by atoms with Gasteiger partial charge >= 0.3 is 5.97 Å². The zero-order chi connectivity index (χ0) is 12.6. The van der Waals surface area contributed by atoms with Crippen molar-refractivity contribution >= 4 is 11.9 Å². The van der Waals surface area contributed by atoms with Crippen LogP contribution in [0.15, 0.2) is 0 Å². The quantitative estimate of drug-likeness (QED) is 0.670. The van der Waals surface area contributed by atoms with Crippen LogP contribution in [0.5, 0.6) is 0 Å². The van der Waals surface area contributed by atoms with Gasteiger partial charge in [-0.15, -0.1) is 0 Å². The number of aliphatic carboxylic acids is 1. The van der Waals surface area contributed by atoms with Crippen molar-refractivity contribution in [3.63, 3.8) is 0 Å². The number of carboxylic acid groups (broad SMARTS) is 1. The SMILES string of the molecule is CCCCC(=O)NC(C(=O)O)C(CC)CC. The highest BCUT2D eigenvalue weighted by molar-refractivity contribution is 5.83. The first-order valence-electron chi connectivity index (χ1n) is 6.08. The summed E-state index contributed by atoms with van der Waals surface area (Å²) in [4.78, 5) is 22.5. The second-order valence-electron chi connectivity index (χ2n) is 4.06. The van der Waals surface area contributed by atoms with E-state index in [0.29, 0.717) is 6.42 Å². The third-order valence-corrected chi connectivity index (χ3v) is 2.86. The highest BCUT2D eigenvalue weighted by Crippen LogP contribution is 2.13. The Kier molecular flexibility index (Phi) is 7.60. The molecule has 0 saturated carbocycles. The molecule has 1 amide bonds. The molecule has 2 N–H and O–H groups in total. The average molecular weight is 229 g/mol. The predicted molar refractivity (Wildman–Crippen MR) is 63.2 cm³/mol. The van der Waals surface area contributed by atoms with E-state index in [1.54, 1.807) is 0 Å². The van der Waals surface area contributed by atoms with Crippen molar-refractivity contribution in [2.24, 2.45) is 5.92 Å². The monoisotopic (exact) mass is 229 g/mol. The minimum Gasteiger partial charge on any atom is -0.480 e. The molecule has 0 aromatic heterocycles. The Labute approximate surface area is 97.4 Å². The Morgan fingerprint density at radius 1 is 1.19 bits per heavy atom. The molecule has 1 unspecified atom stereocenters. The lowest BCUT2D eigenvalue weighted by atomic mass is 9.94. The number of hydrogen-bond donors (Lipinski definition) is 2. The summed E-state index contributed by atoms with van der Waals surface area (Å²) in [5, 5.41) is 11.7. The normalized spacial score (nSPS) is 12.5. The van der Waals surface area contributed by atoms with Crippen LogP contribution in [0.3, 0.4) is 0 Å². The molecule has 0 aliphatic carbocycles. The maximum absolute atomic E-state index is 11.5. The minimum absolute atomic E-state index is 0.0167. The maximum atomic E-state index is 11.5. The molecule has 0 aromatic carbocycles. The molecule has 0 fully saturated rings. The van der Waals surface area contributed by atoms with Crippen LogP contribution in [0.25, 0.3) is 0 Å². The number of hydrogen-bond acceptors (Lipinski definition) is 2. The van der Waals surface area contributed by atoms with E-state index >= 15 is 0 Å². The van der Waals surface area contributed by atoms with Crippen LogP contribution in [0.1, 0.15) is 52.9 Å². The summed E-state index contributed by atoms with van der Waals surface area (Å²) in [6, 6.07) is -0.737. The van der Waals surface area contributed by atoms with E-state index in [4.69, 9.17) is 5.11 Å². The van der Waals surface area contributed by atoms with Crippen LogP contribution in [-0.4, -0.2) is 23.0 Å². The summed E-state index contributed by atoms with van der Waals surface area (Å²) < 4.78 is 0. The molecule has 0 rings (SSSR count). The van der Waals surface area contributed by atoms with E-state index in [-0.39, 0.29) is 11.8 Å². The molecule has 0 aliphatic rings. The molecule has 0 heterocycles. The van der Waals surface area contributed by atoms with Crippen molar-refractivity contribution < 1.29 is 14.7 Å². The summed E-state index contributed by atoms with van der Waals surface area (Å²) in [5.74, 6) is -1.07. The highest BCUT2D eigenvalue weighted by Gasteiger charge is 2.26. The van der Waals surface area contributed by atoms with Gasteiger partial charge in [0.1, 0.15) is 6.04 Å². The molecule has 0 spiro atoms. The molecular formula is C12H23NO3. The molecule has 0 aliphatic heterocycles. The fourth-order valence-electron chi connectivity index (χ4n) is 1.72. The number of nitrogens with one attached hydrogen (secondary N) is 1. The molecule has 4 nitrogen and oxygen atoms in total. The van der Waals surface area contributed by atoms with E-state index in [1.165, 1.54) is 0 Å². The van der Waals surface area contributed by atoms with Gasteiger partial charge in [0, 0.05) is 6.42 Å². The van der Waals surface area contributed by atoms with Crippen LogP contribution in [0.2, 0.25) is 0 Å². The van der Waals surface area contributed by atoms with Crippen LogP contribution < -0.4 is 5.32 Å². The molecule has 1 atom stereocenters. The van der Waals surface area contributed by atoms with Crippen LogP contribution >= 0.6 is 0 Å². The Hall–Kier alpha value is -1.06.